The summed E-state index contributed by atoms with van der Waals surface area (Å²) in [5.74, 6) is 0. The summed E-state index contributed by atoms with van der Waals surface area (Å²) in [5, 5.41) is 0.115. The monoisotopic (exact) mass is 296 g/mol. The highest BCUT2D eigenvalue weighted by Gasteiger charge is 2.46. The van der Waals surface area contributed by atoms with Crippen molar-refractivity contribution < 1.29 is 9.59 Å². The lowest BCUT2D eigenvalue weighted by Crippen LogP contribution is -2.51. The van der Waals surface area contributed by atoms with Crippen molar-refractivity contribution in [3.63, 3.8) is 0 Å². The van der Waals surface area contributed by atoms with Gasteiger partial charge in [-0.25, -0.2) is 0 Å². The van der Waals surface area contributed by atoms with Gasteiger partial charge in [0, 0.05) is 11.1 Å². The van der Waals surface area contributed by atoms with E-state index in [2.05, 4.69) is 0 Å². The van der Waals surface area contributed by atoms with E-state index in [9.17, 15) is 9.59 Å². The summed E-state index contributed by atoms with van der Waals surface area (Å²) in [7, 11) is -2.71. The van der Waals surface area contributed by atoms with E-state index in [1.807, 2.05) is 74.5 Å². The van der Waals surface area contributed by atoms with Crippen molar-refractivity contribution in [3.05, 3.63) is 71.8 Å². The molecule has 0 spiro atoms. The number of hydrogen-bond donors (Lipinski definition) is 0. The molecule has 0 saturated carbocycles. The minimum absolute atomic E-state index is 0.0574. The van der Waals surface area contributed by atoms with Crippen LogP contribution in [0.5, 0.6) is 0 Å². The van der Waals surface area contributed by atoms with Crippen molar-refractivity contribution >= 4 is 18.9 Å². The van der Waals surface area contributed by atoms with Gasteiger partial charge in [0.05, 0.1) is 0 Å². The molecule has 0 aliphatic carbocycles. The lowest BCUT2D eigenvalue weighted by atomic mass is 10.2. The van der Waals surface area contributed by atoms with E-state index in [1.165, 1.54) is 0 Å². The van der Waals surface area contributed by atoms with Gasteiger partial charge < -0.3 is 0 Å². The Bertz CT molecular complexity index is 563. The molecule has 0 aliphatic heterocycles. The molecule has 2 aromatic rings. The highest BCUT2D eigenvalue weighted by atomic mass is 28.3. The third-order valence-corrected chi connectivity index (χ3v) is 8.88. The van der Waals surface area contributed by atoms with Gasteiger partial charge in [0.25, 0.3) is 0 Å². The van der Waals surface area contributed by atoms with Crippen molar-refractivity contribution in [2.24, 2.45) is 0 Å². The first-order chi connectivity index (χ1) is 10.2. The minimum Gasteiger partial charge on any atom is -0.299 e. The Balaban J connectivity index is 2.46. The standard InChI is InChI=1S/C18H20O2Si/c1-3-21(4-2,17(19)15-11-7-5-8-12-15)18(20)16-13-9-6-10-14-16/h5-14H,3-4H2,1-2H3. The Morgan fingerprint density at radius 1 is 0.714 bits per heavy atom. The molecule has 0 unspecified atom stereocenters. The van der Waals surface area contributed by atoms with Crippen LogP contribution in [0.2, 0.25) is 12.1 Å². The Labute approximate surface area is 126 Å². The fourth-order valence-corrected chi connectivity index (χ4v) is 6.16. The summed E-state index contributed by atoms with van der Waals surface area (Å²) in [4.78, 5) is 26.0. The fraction of sp³-hybridized carbons (Fsp3) is 0.222. The predicted octanol–water partition coefficient (Wildman–Crippen LogP) is 4.32. The zero-order valence-electron chi connectivity index (χ0n) is 12.5. The quantitative estimate of drug-likeness (QED) is 0.744. The van der Waals surface area contributed by atoms with Crippen molar-refractivity contribution in [3.8, 4) is 0 Å². The minimum atomic E-state index is -2.71. The van der Waals surface area contributed by atoms with Crippen LogP contribution in [0.4, 0.5) is 0 Å². The van der Waals surface area contributed by atoms with Crippen LogP contribution in [-0.4, -0.2) is 18.9 Å². The third-order valence-electron chi connectivity index (χ3n) is 4.15. The van der Waals surface area contributed by atoms with Crippen molar-refractivity contribution in [1.82, 2.24) is 0 Å². The lowest BCUT2D eigenvalue weighted by Gasteiger charge is -2.26. The maximum atomic E-state index is 13.0. The van der Waals surface area contributed by atoms with E-state index in [1.54, 1.807) is 0 Å². The molecule has 0 amide bonds. The van der Waals surface area contributed by atoms with Crippen LogP contribution in [0.25, 0.3) is 0 Å². The zero-order valence-corrected chi connectivity index (χ0v) is 13.5. The van der Waals surface area contributed by atoms with Gasteiger partial charge >= 0.3 is 0 Å². The van der Waals surface area contributed by atoms with E-state index >= 15 is 0 Å². The Kier molecular flexibility index (Phi) is 4.86. The number of benzene rings is 2. The van der Waals surface area contributed by atoms with Crippen LogP contribution in [0.15, 0.2) is 60.7 Å². The van der Waals surface area contributed by atoms with Crippen molar-refractivity contribution in [2.45, 2.75) is 25.9 Å². The van der Waals surface area contributed by atoms with Gasteiger partial charge in [0.1, 0.15) is 10.8 Å². The fourth-order valence-electron chi connectivity index (χ4n) is 2.73. The average Bonchev–Trinajstić information content (AvgIpc) is 2.57. The van der Waals surface area contributed by atoms with Gasteiger partial charge in [0.2, 0.25) is 8.07 Å². The predicted molar refractivity (Wildman–Crippen MR) is 88.3 cm³/mol. The molecule has 0 saturated heterocycles. The van der Waals surface area contributed by atoms with Crippen LogP contribution < -0.4 is 0 Å². The Morgan fingerprint density at radius 2 is 1.05 bits per heavy atom. The molecule has 3 heteroatoms. The molecule has 2 rings (SSSR count). The van der Waals surface area contributed by atoms with E-state index in [0.717, 1.165) is 0 Å². The molecular weight excluding hydrogens is 276 g/mol. The van der Waals surface area contributed by atoms with Crippen LogP contribution in [0.1, 0.15) is 34.6 Å². The number of hydrogen-bond acceptors (Lipinski definition) is 2. The SMILES string of the molecule is CC[Si](CC)(C(=O)c1ccccc1)C(=O)c1ccccc1. The summed E-state index contributed by atoms with van der Waals surface area (Å²) in [5.41, 5.74) is 1.33. The van der Waals surface area contributed by atoms with Crippen LogP contribution in [-0.2, 0) is 0 Å². The van der Waals surface area contributed by atoms with E-state index < -0.39 is 8.07 Å². The highest BCUT2D eigenvalue weighted by Crippen LogP contribution is 2.25. The summed E-state index contributed by atoms with van der Waals surface area (Å²) in [6, 6.07) is 19.7. The summed E-state index contributed by atoms with van der Waals surface area (Å²) in [6.07, 6.45) is 0. The zero-order chi connectivity index (χ0) is 15.3. The molecule has 108 valence electrons. The first kappa shape index (κ1) is 15.4. The van der Waals surface area contributed by atoms with Crippen LogP contribution >= 0.6 is 0 Å². The molecular formula is C18H20O2Si. The Morgan fingerprint density at radius 3 is 1.33 bits per heavy atom. The maximum absolute atomic E-state index is 13.0. The second-order valence-electron chi connectivity index (χ2n) is 5.18. The first-order valence-corrected chi connectivity index (χ1v) is 9.77. The number of carbonyl (C=O) groups is 2. The normalized spacial score (nSPS) is 11.1. The van der Waals surface area contributed by atoms with E-state index in [-0.39, 0.29) is 10.8 Å². The average molecular weight is 296 g/mol. The van der Waals surface area contributed by atoms with Crippen molar-refractivity contribution in [1.29, 1.82) is 0 Å². The molecule has 0 atom stereocenters. The second-order valence-corrected chi connectivity index (χ2v) is 9.67. The molecule has 0 aliphatic rings. The molecule has 2 aromatic carbocycles. The topological polar surface area (TPSA) is 34.1 Å². The molecule has 2 nitrogen and oxygen atoms in total. The molecule has 0 radical (unpaired) electrons. The molecule has 21 heavy (non-hydrogen) atoms. The van der Waals surface area contributed by atoms with Gasteiger partial charge in [-0.2, -0.15) is 0 Å². The largest absolute Gasteiger partial charge is 0.299 e. The third kappa shape index (κ3) is 2.88. The van der Waals surface area contributed by atoms with Gasteiger partial charge in [-0.1, -0.05) is 74.5 Å². The summed E-state index contributed by atoms with van der Waals surface area (Å²) < 4.78 is 0. The van der Waals surface area contributed by atoms with Gasteiger partial charge in [-0.05, 0) is 12.1 Å². The summed E-state index contributed by atoms with van der Waals surface area (Å²) in [6.45, 7) is 3.94. The van der Waals surface area contributed by atoms with Crippen molar-refractivity contribution in [2.75, 3.05) is 0 Å². The van der Waals surface area contributed by atoms with Gasteiger partial charge in [-0.3, -0.25) is 9.59 Å². The van der Waals surface area contributed by atoms with Crippen LogP contribution in [0, 0.1) is 0 Å². The van der Waals surface area contributed by atoms with Gasteiger partial charge in [0.15, 0.2) is 0 Å². The molecule has 0 bridgehead atoms. The molecule has 0 aromatic heterocycles. The van der Waals surface area contributed by atoms with Gasteiger partial charge in [-0.15, -0.1) is 0 Å². The molecule has 0 N–H and O–H groups in total. The summed E-state index contributed by atoms with van der Waals surface area (Å²) >= 11 is 0. The molecule has 0 fully saturated rings. The molecule has 0 heterocycles. The van der Waals surface area contributed by atoms with Crippen LogP contribution in [0.3, 0.4) is 0 Å². The van der Waals surface area contributed by atoms with E-state index in [0.29, 0.717) is 23.2 Å². The lowest BCUT2D eigenvalue weighted by molar-refractivity contribution is 0.102. The first-order valence-electron chi connectivity index (χ1n) is 7.35. The number of rotatable bonds is 6. The second kappa shape index (κ2) is 6.63. The smallest absolute Gasteiger partial charge is 0.220 e. The van der Waals surface area contributed by atoms with E-state index in [4.69, 9.17) is 0 Å². The Hall–Kier alpha value is -2.00. The highest BCUT2D eigenvalue weighted by molar-refractivity contribution is 7.27. The maximum Gasteiger partial charge on any atom is 0.220 e. The number of carbonyl (C=O) groups excluding carboxylic acids is 2.